The maximum Gasteiger partial charge on any atom is 0.255 e. The number of aliphatic hydroxyl groups is 1. The number of rotatable bonds is 5. The van der Waals surface area contributed by atoms with E-state index in [9.17, 15) is 9.90 Å². The number of likely N-dealkylation sites (tertiary alicyclic amines) is 1. The normalized spacial score (nSPS) is 17.9. The summed E-state index contributed by atoms with van der Waals surface area (Å²) in [6.45, 7) is 3.79. The Kier molecular flexibility index (Phi) is 6.14. The Morgan fingerprint density at radius 3 is 2.62 bits per heavy atom. The zero-order valence-corrected chi connectivity index (χ0v) is 15.4. The van der Waals surface area contributed by atoms with Gasteiger partial charge < -0.3 is 14.8 Å². The van der Waals surface area contributed by atoms with Crippen molar-refractivity contribution in [3.05, 3.63) is 64.7 Å². The average Bonchev–Trinajstić information content (AvgIpc) is 3.15. The number of carbonyl (C=O) groups is 1. The van der Waals surface area contributed by atoms with Crippen LogP contribution < -0.4 is 5.32 Å². The topological polar surface area (TPSA) is 65.7 Å². The lowest BCUT2D eigenvalue weighted by Crippen LogP contribution is -2.45. The van der Waals surface area contributed by atoms with Crippen molar-refractivity contribution >= 4 is 23.6 Å². The molecule has 1 amide bonds. The van der Waals surface area contributed by atoms with Crippen molar-refractivity contribution in [1.29, 1.82) is 0 Å². The molecule has 26 heavy (non-hydrogen) atoms. The number of amides is 1. The van der Waals surface area contributed by atoms with Crippen molar-refractivity contribution in [2.75, 3.05) is 13.1 Å². The van der Waals surface area contributed by atoms with Gasteiger partial charge in [0.15, 0.2) is 0 Å². The Hall–Kier alpha value is -2.08. The molecule has 1 aliphatic rings. The van der Waals surface area contributed by atoms with Crippen molar-refractivity contribution in [2.24, 2.45) is 5.92 Å². The van der Waals surface area contributed by atoms with Crippen LogP contribution >= 0.6 is 11.6 Å². The summed E-state index contributed by atoms with van der Waals surface area (Å²) < 4.78 is 5.35. The number of piperidine rings is 1. The zero-order chi connectivity index (χ0) is 18.5. The highest BCUT2D eigenvalue weighted by atomic mass is 35.5. The summed E-state index contributed by atoms with van der Waals surface area (Å²) in [5.74, 6) is 0.921. The molecule has 0 aliphatic carbocycles. The highest BCUT2D eigenvalue weighted by Crippen LogP contribution is 2.21. The molecular weight excluding hydrogens is 352 g/mol. The monoisotopic (exact) mass is 374 g/mol. The van der Waals surface area contributed by atoms with Gasteiger partial charge in [0, 0.05) is 29.8 Å². The minimum atomic E-state index is -0.899. The number of furan rings is 1. The molecular formula is C20H23ClN2O3. The quantitative estimate of drug-likeness (QED) is 0.836. The van der Waals surface area contributed by atoms with Crippen LogP contribution in [0.1, 0.15) is 35.9 Å². The maximum atomic E-state index is 12.6. The van der Waals surface area contributed by atoms with E-state index in [2.05, 4.69) is 12.2 Å². The van der Waals surface area contributed by atoms with Gasteiger partial charge in [-0.2, -0.15) is 0 Å². The summed E-state index contributed by atoms with van der Waals surface area (Å²) in [7, 11) is 0. The molecule has 6 heteroatoms. The molecule has 1 unspecified atom stereocenters. The van der Waals surface area contributed by atoms with Gasteiger partial charge in [-0.1, -0.05) is 18.5 Å². The van der Waals surface area contributed by atoms with E-state index in [1.54, 1.807) is 48.7 Å². The molecule has 0 saturated carbocycles. The second kappa shape index (κ2) is 8.54. The van der Waals surface area contributed by atoms with Crippen LogP contribution in [0.25, 0.3) is 6.08 Å². The van der Waals surface area contributed by atoms with Gasteiger partial charge in [0.05, 0.1) is 12.0 Å². The first-order valence-electron chi connectivity index (χ1n) is 8.77. The van der Waals surface area contributed by atoms with E-state index in [0.717, 1.165) is 25.9 Å². The molecule has 2 aromatic rings. The van der Waals surface area contributed by atoms with E-state index in [0.29, 0.717) is 28.0 Å². The van der Waals surface area contributed by atoms with Gasteiger partial charge in [0.1, 0.15) is 12.0 Å². The number of hydrogen-bond donors (Lipinski definition) is 2. The lowest BCUT2D eigenvalue weighted by atomic mass is 9.99. The Labute approximate surface area is 158 Å². The Balaban J connectivity index is 1.79. The Bertz CT molecular complexity index is 748. The molecule has 0 bridgehead atoms. The summed E-state index contributed by atoms with van der Waals surface area (Å²) in [5, 5.41) is 14.2. The number of aliphatic hydroxyl groups excluding tert-OH is 1. The Morgan fingerprint density at radius 2 is 2.00 bits per heavy atom. The van der Waals surface area contributed by atoms with E-state index < -0.39 is 6.23 Å². The van der Waals surface area contributed by atoms with Crippen molar-refractivity contribution in [3.8, 4) is 0 Å². The summed E-state index contributed by atoms with van der Waals surface area (Å²) >= 11 is 5.88. The standard InChI is InChI=1S/C20H23ClN2O3/c1-14-8-10-23(11-9-14)20(25)18(13-17-3-2-12-26-17)22-19(24)15-4-6-16(21)7-5-15/h2-7,12-14,20,25H,8-11H2,1H3,(H,22,24)/b18-13+. The summed E-state index contributed by atoms with van der Waals surface area (Å²) in [5.41, 5.74) is 0.869. The van der Waals surface area contributed by atoms with Gasteiger partial charge in [-0.3, -0.25) is 9.69 Å². The summed E-state index contributed by atoms with van der Waals surface area (Å²) in [6, 6.07) is 10.2. The number of hydrogen-bond acceptors (Lipinski definition) is 4. The molecule has 1 saturated heterocycles. The highest BCUT2D eigenvalue weighted by Gasteiger charge is 2.26. The summed E-state index contributed by atoms with van der Waals surface area (Å²) in [6.07, 6.45) is 4.37. The molecule has 3 rings (SSSR count). The van der Waals surface area contributed by atoms with E-state index in [1.807, 2.05) is 4.90 Å². The van der Waals surface area contributed by atoms with Crippen molar-refractivity contribution in [1.82, 2.24) is 10.2 Å². The molecule has 2 heterocycles. The van der Waals surface area contributed by atoms with Gasteiger partial charge >= 0.3 is 0 Å². The van der Waals surface area contributed by atoms with Crippen molar-refractivity contribution < 1.29 is 14.3 Å². The third kappa shape index (κ3) is 4.75. The fourth-order valence-electron chi connectivity index (χ4n) is 2.98. The first kappa shape index (κ1) is 18.7. The largest absolute Gasteiger partial charge is 0.465 e. The molecule has 5 nitrogen and oxygen atoms in total. The first-order chi connectivity index (χ1) is 12.5. The third-order valence-corrected chi connectivity index (χ3v) is 4.90. The van der Waals surface area contributed by atoms with Crippen LogP contribution in [-0.4, -0.2) is 35.2 Å². The smallest absolute Gasteiger partial charge is 0.255 e. The number of benzene rings is 1. The number of carbonyl (C=O) groups excluding carboxylic acids is 1. The van der Waals surface area contributed by atoms with Crippen LogP contribution in [0, 0.1) is 5.92 Å². The van der Waals surface area contributed by atoms with Gasteiger partial charge in [0.25, 0.3) is 5.91 Å². The average molecular weight is 375 g/mol. The molecule has 1 fully saturated rings. The second-order valence-electron chi connectivity index (χ2n) is 6.67. The predicted molar refractivity (Wildman–Crippen MR) is 102 cm³/mol. The highest BCUT2D eigenvalue weighted by molar-refractivity contribution is 6.30. The van der Waals surface area contributed by atoms with E-state index in [4.69, 9.17) is 16.0 Å². The van der Waals surface area contributed by atoms with Crippen LogP contribution in [0.4, 0.5) is 0 Å². The van der Waals surface area contributed by atoms with E-state index in [1.165, 1.54) is 0 Å². The third-order valence-electron chi connectivity index (χ3n) is 4.65. The van der Waals surface area contributed by atoms with Crippen LogP contribution in [0.2, 0.25) is 5.02 Å². The second-order valence-corrected chi connectivity index (χ2v) is 7.10. The molecule has 1 aromatic heterocycles. The fourth-order valence-corrected chi connectivity index (χ4v) is 3.10. The lowest BCUT2D eigenvalue weighted by Gasteiger charge is -2.34. The fraction of sp³-hybridized carbons (Fsp3) is 0.350. The minimum absolute atomic E-state index is 0.302. The van der Waals surface area contributed by atoms with Crippen LogP contribution in [0.3, 0.4) is 0 Å². The SMILES string of the molecule is CC1CCN(C(O)/C(=C\c2ccco2)NC(=O)c2ccc(Cl)cc2)CC1. The van der Waals surface area contributed by atoms with Crippen LogP contribution in [0.15, 0.2) is 52.8 Å². The van der Waals surface area contributed by atoms with Gasteiger partial charge in [-0.05, 0) is 55.2 Å². The maximum absolute atomic E-state index is 12.6. The molecule has 0 radical (unpaired) electrons. The van der Waals surface area contributed by atoms with Gasteiger partial charge in [-0.15, -0.1) is 0 Å². The van der Waals surface area contributed by atoms with E-state index >= 15 is 0 Å². The number of nitrogens with zero attached hydrogens (tertiary/aromatic N) is 1. The van der Waals surface area contributed by atoms with Crippen LogP contribution in [0.5, 0.6) is 0 Å². The van der Waals surface area contributed by atoms with Gasteiger partial charge in [-0.25, -0.2) is 0 Å². The molecule has 1 aromatic carbocycles. The number of halogens is 1. The molecule has 138 valence electrons. The molecule has 1 aliphatic heterocycles. The van der Waals surface area contributed by atoms with Crippen LogP contribution in [-0.2, 0) is 0 Å². The Morgan fingerprint density at radius 1 is 1.31 bits per heavy atom. The molecule has 1 atom stereocenters. The predicted octanol–water partition coefficient (Wildman–Crippen LogP) is 3.75. The molecule has 0 spiro atoms. The van der Waals surface area contributed by atoms with E-state index in [-0.39, 0.29) is 5.91 Å². The summed E-state index contributed by atoms with van der Waals surface area (Å²) in [4.78, 5) is 14.5. The van der Waals surface area contributed by atoms with Crippen molar-refractivity contribution in [3.63, 3.8) is 0 Å². The number of nitrogens with one attached hydrogen (secondary N) is 1. The molecule has 2 N–H and O–H groups in total. The van der Waals surface area contributed by atoms with Crippen molar-refractivity contribution in [2.45, 2.75) is 26.0 Å². The minimum Gasteiger partial charge on any atom is -0.465 e. The van der Waals surface area contributed by atoms with Gasteiger partial charge in [0.2, 0.25) is 0 Å². The lowest BCUT2D eigenvalue weighted by molar-refractivity contribution is 0.00720. The zero-order valence-electron chi connectivity index (χ0n) is 14.7. The first-order valence-corrected chi connectivity index (χ1v) is 9.15.